The SMILES string of the molecule is Cc1ccc(CC(=O)C2CCCCC2(C)C)nc1. The third-order valence-corrected chi connectivity index (χ3v) is 4.22. The van der Waals surface area contributed by atoms with Crippen LogP contribution in [0.2, 0.25) is 0 Å². The van der Waals surface area contributed by atoms with Crippen molar-refractivity contribution in [2.24, 2.45) is 11.3 Å². The molecule has 0 N–H and O–H groups in total. The van der Waals surface area contributed by atoms with Crippen LogP contribution in [0.25, 0.3) is 0 Å². The number of pyridine rings is 1. The summed E-state index contributed by atoms with van der Waals surface area (Å²) in [7, 11) is 0. The zero-order chi connectivity index (χ0) is 13.2. The second-order valence-corrected chi connectivity index (χ2v) is 6.26. The van der Waals surface area contributed by atoms with Crippen LogP contribution in [0, 0.1) is 18.3 Å². The van der Waals surface area contributed by atoms with Gasteiger partial charge >= 0.3 is 0 Å². The van der Waals surface area contributed by atoms with Gasteiger partial charge in [-0.3, -0.25) is 9.78 Å². The first-order valence-corrected chi connectivity index (χ1v) is 6.93. The number of hydrogen-bond acceptors (Lipinski definition) is 2. The summed E-state index contributed by atoms with van der Waals surface area (Å²) in [5, 5.41) is 0. The van der Waals surface area contributed by atoms with Crippen molar-refractivity contribution >= 4 is 5.78 Å². The lowest BCUT2D eigenvalue weighted by atomic mass is 9.66. The lowest BCUT2D eigenvalue weighted by molar-refractivity contribution is -0.127. The van der Waals surface area contributed by atoms with Gasteiger partial charge in [0.2, 0.25) is 0 Å². The Labute approximate surface area is 110 Å². The van der Waals surface area contributed by atoms with Crippen molar-refractivity contribution in [2.45, 2.75) is 52.9 Å². The lowest BCUT2D eigenvalue weighted by Gasteiger charge is -2.37. The van der Waals surface area contributed by atoms with Gasteiger partial charge in [0.15, 0.2) is 0 Å². The molecule has 1 unspecified atom stereocenters. The minimum absolute atomic E-state index is 0.167. The van der Waals surface area contributed by atoms with E-state index in [0.717, 1.165) is 17.7 Å². The van der Waals surface area contributed by atoms with E-state index < -0.39 is 0 Å². The van der Waals surface area contributed by atoms with E-state index in [4.69, 9.17) is 0 Å². The monoisotopic (exact) mass is 245 g/mol. The molecule has 1 fully saturated rings. The highest BCUT2D eigenvalue weighted by atomic mass is 16.1. The topological polar surface area (TPSA) is 30.0 Å². The van der Waals surface area contributed by atoms with Gasteiger partial charge in [-0.15, -0.1) is 0 Å². The van der Waals surface area contributed by atoms with Gasteiger partial charge in [0.1, 0.15) is 5.78 Å². The van der Waals surface area contributed by atoms with E-state index in [-0.39, 0.29) is 11.3 Å². The predicted octanol–water partition coefficient (Wildman–Crippen LogP) is 3.72. The van der Waals surface area contributed by atoms with Gasteiger partial charge in [-0.1, -0.05) is 32.8 Å². The molecule has 98 valence electrons. The van der Waals surface area contributed by atoms with Gasteiger partial charge in [0.05, 0.1) is 0 Å². The summed E-state index contributed by atoms with van der Waals surface area (Å²) in [6.45, 7) is 6.48. The summed E-state index contributed by atoms with van der Waals surface area (Å²) < 4.78 is 0. The van der Waals surface area contributed by atoms with Crippen molar-refractivity contribution in [2.75, 3.05) is 0 Å². The maximum Gasteiger partial charge on any atom is 0.142 e. The van der Waals surface area contributed by atoms with Crippen LogP contribution in [0.5, 0.6) is 0 Å². The Morgan fingerprint density at radius 3 is 2.78 bits per heavy atom. The Morgan fingerprint density at radius 1 is 1.39 bits per heavy atom. The molecule has 1 heterocycles. The van der Waals surface area contributed by atoms with E-state index in [1.165, 1.54) is 19.3 Å². The van der Waals surface area contributed by atoms with E-state index >= 15 is 0 Å². The van der Waals surface area contributed by atoms with Crippen molar-refractivity contribution in [3.8, 4) is 0 Å². The Kier molecular flexibility index (Phi) is 3.84. The second kappa shape index (κ2) is 5.21. The fraction of sp³-hybridized carbons (Fsp3) is 0.625. The van der Waals surface area contributed by atoms with Crippen LogP contribution in [0.4, 0.5) is 0 Å². The molecule has 0 aliphatic heterocycles. The molecule has 1 aliphatic carbocycles. The quantitative estimate of drug-likeness (QED) is 0.812. The normalized spacial score (nSPS) is 22.7. The fourth-order valence-corrected chi connectivity index (χ4v) is 3.00. The third-order valence-electron chi connectivity index (χ3n) is 4.22. The predicted molar refractivity (Wildman–Crippen MR) is 73.4 cm³/mol. The number of ketones is 1. The van der Waals surface area contributed by atoms with E-state index in [0.29, 0.717) is 12.2 Å². The third kappa shape index (κ3) is 2.98. The Morgan fingerprint density at radius 2 is 2.17 bits per heavy atom. The average Bonchev–Trinajstić information content (AvgIpc) is 2.31. The number of aromatic nitrogens is 1. The number of rotatable bonds is 3. The minimum Gasteiger partial charge on any atom is -0.299 e. The first-order valence-electron chi connectivity index (χ1n) is 6.93. The summed E-state index contributed by atoms with van der Waals surface area (Å²) in [5.41, 5.74) is 2.22. The smallest absolute Gasteiger partial charge is 0.142 e. The molecule has 1 saturated carbocycles. The van der Waals surface area contributed by atoms with Gasteiger partial charge in [0, 0.05) is 24.2 Å². The molecule has 18 heavy (non-hydrogen) atoms. The highest BCUT2D eigenvalue weighted by Crippen LogP contribution is 2.41. The zero-order valence-electron chi connectivity index (χ0n) is 11.7. The van der Waals surface area contributed by atoms with E-state index in [1.807, 2.05) is 25.3 Å². The van der Waals surface area contributed by atoms with E-state index in [9.17, 15) is 4.79 Å². The van der Waals surface area contributed by atoms with Crippen molar-refractivity contribution < 1.29 is 4.79 Å². The highest BCUT2D eigenvalue weighted by Gasteiger charge is 2.36. The van der Waals surface area contributed by atoms with Crippen LogP contribution >= 0.6 is 0 Å². The average molecular weight is 245 g/mol. The number of hydrogen-bond donors (Lipinski definition) is 0. The van der Waals surface area contributed by atoms with E-state index in [2.05, 4.69) is 18.8 Å². The lowest BCUT2D eigenvalue weighted by Crippen LogP contribution is -2.35. The Hall–Kier alpha value is -1.18. The Balaban J connectivity index is 2.05. The van der Waals surface area contributed by atoms with Crippen LogP contribution in [0.3, 0.4) is 0 Å². The van der Waals surface area contributed by atoms with Crippen LogP contribution < -0.4 is 0 Å². The van der Waals surface area contributed by atoms with Gasteiger partial charge in [-0.05, 0) is 36.8 Å². The fourth-order valence-electron chi connectivity index (χ4n) is 3.00. The molecule has 1 aromatic rings. The minimum atomic E-state index is 0.167. The molecule has 1 atom stereocenters. The van der Waals surface area contributed by atoms with Gasteiger partial charge in [-0.25, -0.2) is 0 Å². The summed E-state index contributed by atoms with van der Waals surface area (Å²) in [6.07, 6.45) is 7.02. The van der Waals surface area contributed by atoms with Crippen LogP contribution in [-0.4, -0.2) is 10.8 Å². The molecule has 0 amide bonds. The molecule has 1 aromatic heterocycles. The van der Waals surface area contributed by atoms with Crippen molar-refractivity contribution in [3.63, 3.8) is 0 Å². The summed E-state index contributed by atoms with van der Waals surface area (Å²) >= 11 is 0. The van der Waals surface area contributed by atoms with Crippen molar-refractivity contribution in [1.29, 1.82) is 0 Å². The number of carbonyl (C=O) groups excluding carboxylic acids is 1. The highest BCUT2D eigenvalue weighted by molar-refractivity contribution is 5.83. The van der Waals surface area contributed by atoms with Crippen LogP contribution in [0.1, 0.15) is 50.8 Å². The second-order valence-electron chi connectivity index (χ2n) is 6.26. The summed E-state index contributed by atoms with van der Waals surface area (Å²) in [5.74, 6) is 0.588. The largest absolute Gasteiger partial charge is 0.299 e. The molecule has 0 saturated heterocycles. The van der Waals surface area contributed by atoms with E-state index in [1.54, 1.807) is 0 Å². The number of Topliss-reactive ketones (excluding diaryl/α,β-unsaturated/α-hetero) is 1. The molecule has 2 heteroatoms. The molecule has 1 aliphatic rings. The van der Waals surface area contributed by atoms with Crippen LogP contribution in [-0.2, 0) is 11.2 Å². The first kappa shape index (κ1) is 13.3. The maximum atomic E-state index is 12.4. The van der Waals surface area contributed by atoms with Crippen molar-refractivity contribution in [1.82, 2.24) is 4.98 Å². The Bertz CT molecular complexity index is 419. The summed E-state index contributed by atoms with van der Waals surface area (Å²) in [4.78, 5) is 16.8. The van der Waals surface area contributed by atoms with Crippen LogP contribution in [0.15, 0.2) is 18.3 Å². The zero-order valence-corrected chi connectivity index (χ0v) is 11.7. The number of aryl methyl sites for hydroxylation is 1. The molecule has 2 rings (SSSR count). The molecular weight excluding hydrogens is 222 g/mol. The number of nitrogens with zero attached hydrogens (tertiary/aromatic N) is 1. The summed E-state index contributed by atoms with van der Waals surface area (Å²) in [6, 6.07) is 4.00. The van der Waals surface area contributed by atoms with Gasteiger partial charge in [-0.2, -0.15) is 0 Å². The molecular formula is C16H23NO. The molecule has 0 spiro atoms. The van der Waals surface area contributed by atoms with Crippen molar-refractivity contribution in [3.05, 3.63) is 29.6 Å². The maximum absolute atomic E-state index is 12.4. The number of carbonyl (C=O) groups is 1. The van der Waals surface area contributed by atoms with Gasteiger partial charge in [0.25, 0.3) is 0 Å². The molecule has 0 radical (unpaired) electrons. The standard InChI is InChI=1S/C16H23NO/c1-12-7-8-13(17-11-12)10-15(18)14-6-4-5-9-16(14,2)3/h7-8,11,14H,4-6,9-10H2,1-3H3. The first-order chi connectivity index (χ1) is 8.49. The molecule has 0 aromatic carbocycles. The van der Waals surface area contributed by atoms with Gasteiger partial charge < -0.3 is 0 Å². The molecule has 2 nitrogen and oxygen atoms in total. The molecule has 0 bridgehead atoms.